The molecule has 0 spiro atoms. The van der Waals surface area contributed by atoms with Gasteiger partial charge < -0.3 is 19.3 Å². The molecule has 0 saturated heterocycles. The predicted octanol–water partition coefficient (Wildman–Crippen LogP) is 4.01. The van der Waals surface area contributed by atoms with E-state index in [0.29, 0.717) is 31.1 Å². The summed E-state index contributed by atoms with van der Waals surface area (Å²) in [7, 11) is 0. The summed E-state index contributed by atoms with van der Waals surface area (Å²) in [5.41, 5.74) is 0.312. The Balaban J connectivity index is 1.84. The van der Waals surface area contributed by atoms with Gasteiger partial charge in [-0.2, -0.15) is 0 Å². The molecular weight excluding hydrogens is 332 g/mol. The molecule has 1 atom stereocenters. The Kier molecular flexibility index (Phi) is 7.18. The van der Waals surface area contributed by atoms with E-state index in [1.165, 1.54) is 0 Å². The van der Waals surface area contributed by atoms with Crippen molar-refractivity contribution in [2.75, 3.05) is 13.2 Å². The lowest BCUT2D eigenvalue weighted by Gasteiger charge is -2.28. The maximum Gasteiger partial charge on any atom is 0.340 e. The first kappa shape index (κ1) is 19.9. The third kappa shape index (κ3) is 5.58. The van der Waals surface area contributed by atoms with Crippen molar-refractivity contribution in [1.29, 1.82) is 0 Å². The molecule has 0 aromatic heterocycles. The van der Waals surface area contributed by atoms with Gasteiger partial charge in [0.05, 0.1) is 19.3 Å². The van der Waals surface area contributed by atoms with Gasteiger partial charge in [-0.3, -0.25) is 0 Å². The van der Waals surface area contributed by atoms with E-state index in [0.717, 1.165) is 5.56 Å². The normalized spacial score (nSPS) is 13.4. The molecule has 0 aliphatic carbocycles. The van der Waals surface area contributed by atoms with Crippen LogP contribution in [0.5, 0.6) is 5.75 Å². The van der Waals surface area contributed by atoms with E-state index in [-0.39, 0.29) is 6.10 Å². The molecule has 2 aromatic carbocycles. The van der Waals surface area contributed by atoms with Gasteiger partial charge in [0, 0.05) is 0 Å². The third-order valence-electron chi connectivity index (χ3n) is 3.89. The van der Waals surface area contributed by atoms with Crippen molar-refractivity contribution in [2.45, 2.75) is 39.1 Å². The second-order valence-corrected chi connectivity index (χ2v) is 6.42. The monoisotopic (exact) mass is 358 g/mol. The predicted molar refractivity (Wildman–Crippen MR) is 99.2 cm³/mol. The highest BCUT2D eigenvalue weighted by Gasteiger charge is 2.37. The number of carboxylic acid groups (broad SMARTS) is 1. The molecule has 2 aromatic rings. The van der Waals surface area contributed by atoms with E-state index in [2.05, 4.69) is 0 Å². The van der Waals surface area contributed by atoms with Gasteiger partial charge in [0.25, 0.3) is 0 Å². The number of carboxylic acids is 1. The Bertz CT molecular complexity index is 681. The molecule has 0 bridgehead atoms. The number of ether oxygens (including phenoxy) is 3. The summed E-state index contributed by atoms with van der Waals surface area (Å²) in [4.78, 5) is 11.6. The first-order valence-corrected chi connectivity index (χ1v) is 8.68. The van der Waals surface area contributed by atoms with Gasteiger partial charge in [-0.25, -0.2) is 4.79 Å². The fourth-order valence-corrected chi connectivity index (χ4v) is 2.57. The van der Waals surface area contributed by atoms with Gasteiger partial charge in [-0.05, 0) is 44.0 Å². The van der Waals surface area contributed by atoms with Crippen molar-refractivity contribution >= 4 is 5.97 Å². The zero-order chi connectivity index (χ0) is 19.0. The van der Waals surface area contributed by atoms with Crippen LogP contribution in [0.3, 0.4) is 0 Å². The second kappa shape index (κ2) is 9.36. The average molecular weight is 358 g/mol. The third-order valence-corrected chi connectivity index (χ3v) is 3.89. The summed E-state index contributed by atoms with van der Waals surface area (Å²) < 4.78 is 16.8. The van der Waals surface area contributed by atoms with E-state index in [1.54, 1.807) is 31.2 Å². The molecule has 0 saturated carbocycles. The van der Waals surface area contributed by atoms with E-state index < -0.39 is 11.6 Å². The maximum absolute atomic E-state index is 11.6. The zero-order valence-corrected chi connectivity index (χ0v) is 15.5. The average Bonchev–Trinajstić information content (AvgIpc) is 2.62. The van der Waals surface area contributed by atoms with Gasteiger partial charge in [-0.15, -0.1) is 0 Å². The summed E-state index contributed by atoms with van der Waals surface area (Å²) in [5, 5.41) is 9.53. The van der Waals surface area contributed by atoms with Gasteiger partial charge in [0.2, 0.25) is 0 Å². The topological polar surface area (TPSA) is 65.0 Å². The Morgan fingerprint density at radius 1 is 1.04 bits per heavy atom. The molecule has 1 N–H and O–H groups in total. The van der Waals surface area contributed by atoms with Crippen molar-refractivity contribution < 1.29 is 24.1 Å². The van der Waals surface area contributed by atoms with Crippen LogP contribution in [0.1, 0.15) is 31.9 Å². The fourth-order valence-electron chi connectivity index (χ4n) is 2.57. The molecular formula is C21H26O5. The number of hydrogen-bond donors (Lipinski definition) is 1. The summed E-state index contributed by atoms with van der Waals surface area (Å²) in [6.07, 6.45) is -0.200. The van der Waals surface area contributed by atoms with Crippen molar-refractivity contribution in [3.8, 4) is 5.75 Å². The minimum Gasteiger partial charge on any atom is -0.491 e. The van der Waals surface area contributed by atoms with E-state index in [1.807, 2.05) is 44.2 Å². The number of benzene rings is 2. The molecule has 1 unspecified atom stereocenters. The van der Waals surface area contributed by atoms with Crippen molar-refractivity contribution in [3.05, 3.63) is 65.7 Å². The molecule has 0 heterocycles. The van der Waals surface area contributed by atoms with Gasteiger partial charge >= 0.3 is 5.97 Å². The van der Waals surface area contributed by atoms with Crippen LogP contribution in [0.4, 0.5) is 0 Å². The number of carbonyl (C=O) groups is 1. The van der Waals surface area contributed by atoms with Gasteiger partial charge in [0.15, 0.2) is 5.60 Å². The molecule has 5 heteroatoms. The molecule has 5 nitrogen and oxygen atoms in total. The minimum absolute atomic E-state index is 0.200. The largest absolute Gasteiger partial charge is 0.491 e. The molecule has 140 valence electrons. The van der Waals surface area contributed by atoms with Crippen LogP contribution in [-0.4, -0.2) is 30.4 Å². The quantitative estimate of drug-likeness (QED) is 0.650. The fraction of sp³-hybridized carbons (Fsp3) is 0.381. The molecule has 0 fully saturated rings. The van der Waals surface area contributed by atoms with Crippen molar-refractivity contribution in [1.82, 2.24) is 0 Å². The lowest BCUT2D eigenvalue weighted by Crippen LogP contribution is -2.37. The lowest BCUT2D eigenvalue weighted by atomic mass is 9.95. The minimum atomic E-state index is -1.38. The molecule has 2 rings (SSSR count). The molecule has 0 radical (unpaired) electrons. The smallest absolute Gasteiger partial charge is 0.340 e. The Hall–Kier alpha value is -2.37. The molecule has 0 aliphatic rings. The highest BCUT2D eigenvalue weighted by atomic mass is 16.5. The van der Waals surface area contributed by atoms with Crippen LogP contribution >= 0.6 is 0 Å². The van der Waals surface area contributed by atoms with Gasteiger partial charge in [-0.1, -0.05) is 42.5 Å². The lowest BCUT2D eigenvalue weighted by molar-refractivity contribution is -0.170. The van der Waals surface area contributed by atoms with E-state index >= 15 is 0 Å². The van der Waals surface area contributed by atoms with E-state index in [9.17, 15) is 9.90 Å². The second-order valence-electron chi connectivity index (χ2n) is 6.42. The van der Waals surface area contributed by atoms with Gasteiger partial charge in [0.1, 0.15) is 12.4 Å². The van der Waals surface area contributed by atoms with Crippen LogP contribution in [0, 0.1) is 0 Å². The first-order valence-electron chi connectivity index (χ1n) is 8.68. The highest BCUT2D eigenvalue weighted by molar-refractivity contribution is 5.79. The maximum atomic E-state index is 11.6. The zero-order valence-electron chi connectivity index (χ0n) is 15.5. The SMILES string of the molecule is CC(C)OC(C)(C(=O)O)c1ccc(OCCOCc2ccccc2)cc1. The number of rotatable bonds is 10. The summed E-state index contributed by atoms with van der Waals surface area (Å²) in [5.74, 6) is -0.358. The first-order chi connectivity index (χ1) is 12.4. The van der Waals surface area contributed by atoms with Crippen LogP contribution in [0.25, 0.3) is 0 Å². The summed E-state index contributed by atoms with van der Waals surface area (Å²) >= 11 is 0. The number of hydrogen-bond acceptors (Lipinski definition) is 4. The van der Waals surface area contributed by atoms with Crippen LogP contribution in [-0.2, 0) is 26.5 Å². The molecule has 26 heavy (non-hydrogen) atoms. The summed E-state index contributed by atoms with van der Waals surface area (Å²) in [6, 6.07) is 16.9. The van der Waals surface area contributed by atoms with Crippen LogP contribution in [0.15, 0.2) is 54.6 Å². The molecule has 0 aliphatic heterocycles. The van der Waals surface area contributed by atoms with Crippen LogP contribution in [0.2, 0.25) is 0 Å². The highest BCUT2D eigenvalue weighted by Crippen LogP contribution is 2.29. The Labute approximate surface area is 154 Å². The van der Waals surface area contributed by atoms with Crippen molar-refractivity contribution in [3.63, 3.8) is 0 Å². The Morgan fingerprint density at radius 3 is 2.27 bits per heavy atom. The standard InChI is InChI=1S/C21H26O5/c1-16(2)26-21(3,20(22)23)18-9-11-19(12-10-18)25-14-13-24-15-17-7-5-4-6-8-17/h4-12,16H,13-15H2,1-3H3,(H,22,23). The summed E-state index contributed by atoms with van der Waals surface area (Å²) in [6.45, 7) is 6.63. The van der Waals surface area contributed by atoms with Crippen LogP contribution < -0.4 is 4.74 Å². The molecule has 0 amide bonds. The number of aliphatic carboxylic acids is 1. The van der Waals surface area contributed by atoms with E-state index in [4.69, 9.17) is 14.2 Å². The van der Waals surface area contributed by atoms with Crippen molar-refractivity contribution in [2.24, 2.45) is 0 Å². The Morgan fingerprint density at radius 2 is 1.69 bits per heavy atom.